The molecule has 0 unspecified atom stereocenters. The molecular weight excluding hydrogens is 380 g/mol. The van der Waals surface area contributed by atoms with E-state index in [4.69, 9.17) is 13.3 Å². The molecule has 0 aliphatic heterocycles. The van der Waals surface area contributed by atoms with Crippen molar-refractivity contribution in [2.24, 2.45) is 0 Å². The normalized spacial score (nSPS) is 11.0. The molecule has 0 atom stereocenters. The first-order valence-corrected chi connectivity index (χ1v) is 10.6. The summed E-state index contributed by atoms with van der Waals surface area (Å²) in [6.07, 6.45) is 1.97. The minimum atomic E-state index is -2.29. The maximum absolute atomic E-state index is 11.1. The molecule has 0 rings (SSSR count). The standard InChI is InChI=1S/C10H20N2O.C6H16O3SSi.ClH/c1-9(2)10(13)11-7-6-8-12(3,4)5;1-7-11(8-2,9-3)6-4-5-10;/h1,6-8H2,2-5H3;10H,4-6H2,1-3H3;1H/p+1. The van der Waals surface area contributed by atoms with E-state index in [2.05, 4.69) is 45.7 Å². The van der Waals surface area contributed by atoms with Crippen molar-refractivity contribution in [2.45, 2.75) is 25.8 Å². The van der Waals surface area contributed by atoms with E-state index in [1.807, 2.05) is 0 Å². The Hall–Kier alpha value is -0.0931. The fraction of sp³-hybridized carbons (Fsp3) is 0.812. The molecule has 0 saturated carbocycles. The Morgan fingerprint density at radius 1 is 1.12 bits per heavy atom. The summed E-state index contributed by atoms with van der Waals surface area (Å²) in [4.78, 5) is 11.1. The number of halogens is 1. The lowest BCUT2D eigenvalue weighted by Crippen LogP contribution is -2.42. The lowest BCUT2D eigenvalue weighted by molar-refractivity contribution is -0.870. The first-order chi connectivity index (χ1) is 11.1. The molecule has 6 nitrogen and oxygen atoms in total. The maximum Gasteiger partial charge on any atom is 0.500 e. The molecule has 0 saturated heterocycles. The molecule has 0 fully saturated rings. The van der Waals surface area contributed by atoms with Crippen LogP contribution in [0.15, 0.2) is 12.2 Å². The minimum absolute atomic E-state index is 0. The van der Waals surface area contributed by atoms with E-state index in [1.54, 1.807) is 28.3 Å². The number of carbonyl (C=O) groups excluding carboxylic acids is 1. The van der Waals surface area contributed by atoms with Crippen molar-refractivity contribution in [1.29, 1.82) is 0 Å². The van der Waals surface area contributed by atoms with Crippen LogP contribution in [0.4, 0.5) is 0 Å². The first-order valence-electron chi connectivity index (χ1n) is 8.08. The van der Waals surface area contributed by atoms with Crippen molar-refractivity contribution in [3.63, 3.8) is 0 Å². The van der Waals surface area contributed by atoms with Crippen molar-refractivity contribution in [2.75, 3.05) is 61.3 Å². The predicted octanol–water partition coefficient (Wildman–Crippen LogP) is 2.38. The van der Waals surface area contributed by atoms with Crippen LogP contribution in [-0.2, 0) is 18.1 Å². The van der Waals surface area contributed by atoms with Gasteiger partial charge in [0.05, 0.1) is 27.7 Å². The summed E-state index contributed by atoms with van der Waals surface area (Å²) in [6, 6.07) is 0.833. The van der Waals surface area contributed by atoms with Crippen molar-refractivity contribution in [3.05, 3.63) is 12.2 Å². The van der Waals surface area contributed by atoms with E-state index in [1.165, 1.54) is 0 Å². The molecule has 25 heavy (non-hydrogen) atoms. The van der Waals surface area contributed by atoms with Crippen molar-refractivity contribution >= 4 is 39.7 Å². The van der Waals surface area contributed by atoms with Crippen LogP contribution >= 0.6 is 25.0 Å². The van der Waals surface area contributed by atoms with Crippen LogP contribution in [0.5, 0.6) is 0 Å². The molecule has 0 heterocycles. The number of carbonyl (C=O) groups is 1. The quantitative estimate of drug-likeness (QED) is 0.178. The van der Waals surface area contributed by atoms with Gasteiger partial charge >= 0.3 is 8.80 Å². The SMILES string of the molecule is C=C(C)C(=O)NCCC[N+](C)(C)C.CO[Si](CCCS)(OC)OC.Cl. The number of hydrogen-bond acceptors (Lipinski definition) is 5. The van der Waals surface area contributed by atoms with Gasteiger partial charge < -0.3 is 23.1 Å². The Morgan fingerprint density at radius 3 is 1.92 bits per heavy atom. The Balaban J connectivity index is -0.000000377. The van der Waals surface area contributed by atoms with Crippen LogP contribution in [0, 0.1) is 0 Å². The summed E-state index contributed by atoms with van der Waals surface area (Å²) in [5.41, 5.74) is 0.574. The zero-order chi connectivity index (χ0) is 19.2. The Labute approximate surface area is 167 Å². The molecule has 0 aliphatic carbocycles. The zero-order valence-corrected chi connectivity index (χ0v) is 19.6. The van der Waals surface area contributed by atoms with E-state index >= 15 is 0 Å². The summed E-state index contributed by atoms with van der Waals surface area (Å²) in [7, 11) is 9.00. The van der Waals surface area contributed by atoms with E-state index in [-0.39, 0.29) is 18.3 Å². The van der Waals surface area contributed by atoms with E-state index in [9.17, 15) is 4.79 Å². The van der Waals surface area contributed by atoms with Crippen LogP contribution in [0.1, 0.15) is 19.8 Å². The van der Waals surface area contributed by atoms with Gasteiger partial charge in [-0.2, -0.15) is 12.6 Å². The summed E-state index contributed by atoms with van der Waals surface area (Å²) < 4.78 is 16.5. The number of nitrogens with zero attached hydrogens (tertiary/aromatic N) is 1. The van der Waals surface area contributed by atoms with Crippen LogP contribution < -0.4 is 5.32 Å². The van der Waals surface area contributed by atoms with Crippen molar-refractivity contribution in [3.8, 4) is 0 Å². The van der Waals surface area contributed by atoms with Gasteiger partial charge in [0, 0.05) is 45.9 Å². The number of amides is 1. The molecule has 0 aromatic rings. The first kappa shape index (κ1) is 29.7. The van der Waals surface area contributed by atoms with Crippen LogP contribution in [0.3, 0.4) is 0 Å². The fourth-order valence-electron chi connectivity index (χ4n) is 1.76. The Kier molecular flexibility index (Phi) is 19.1. The third kappa shape index (κ3) is 17.1. The highest BCUT2D eigenvalue weighted by molar-refractivity contribution is 7.80. The highest BCUT2D eigenvalue weighted by Crippen LogP contribution is 2.14. The van der Waals surface area contributed by atoms with Gasteiger partial charge in [-0.05, 0) is 19.1 Å². The summed E-state index contributed by atoms with van der Waals surface area (Å²) in [5, 5.41) is 2.81. The predicted molar refractivity (Wildman–Crippen MR) is 113 cm³/mol. The fourth-order valence-corrected chi connectivity index (χ4v) is 3.94. The number of thiol groups is 1. The van der Waals surface area contributed by atoms with Crippen LogP contribution in [0.2, 0.25) is 6.04 Å². The molecule has 0 bridgehead atoms. The molecule has 152 valence electrons. The second kappa shape index (κ2) is 16.1. The second-order valence-corrected chi connectivity index (χ2v) is 10.1. The number of rotatable bonds is 11. The van der Waals surface area contributed by atoms with Gasteiger partial charge in [-0.25, -0.2) is 0 Å². The highest BCUT2D eigenvalue weighted by atomic mass is 35.5. The minimum Gasteiger partial charge on any atom is -0.377 e. The van der Waals surface area contributed by atoms with Gasteiger partial charge in [-0.15, -0.1) is 12.4 Å². The van der Waals surface area contributed by atoms with Gasteiger partial charge in [-0.3, -0.25) is 4.79 Å². The zero-order valence-electron chi connectivity index (χ0n) is 16.9. The monoisotopic (exact) mass is 417 g/mol. The average Bonchev–Trinajstić information content (AvgIpc) is 2.53. The van der Waals surface area contributed by atoms with E-state index in [0.717, 1.165) is 42.2 Å². The third-order valence-corrected chi connectivity index (χ3v) is 6.40. The molecular formula is C16H38ClN2O4SSi+. The summed E-state index contributed by atoms with van der Waals surface area (Å²) in [5.74, 6) is 0.798. The molecule has 0 spiro atoms. The largest absolute Gasteiger partial charge is 0.500 e. The van der Waals surface area contributed by atoms with Crippen molar-refractivity contribution < 1.29 is 22.6 Å². The maximum atomic E-state index is 11.1. The Bertz CT molecular complexity index is 356. The molecule has 1 amide bonds. The van der Waals surface area contributed by atoms with Crippen LogP contribution in [-0.4, -0.2) is 80.5 Å². The number of quaternary nitrogens is 1. The van der Waals surface area contributed by atoms with Gasteiger partial charge in [0.2, 0.25) is 5.91 Å². The van der Waals surface area contributed by atoms with Gasteiger partial charge in [-0.1, -0.05) is 6.58 Å². The van der Waals surface area contributed by atoms with Gasteiger partial charge in [0.15, 0.2) is 0 Å². The smallest absolute Gasteiger partial charge is 0.377 e. The van der Waals surface area contributed by atoms with E-state index in [0.29, 0.717) is 5.57 Å². The molecule has 9 heteroatoms. The molecule has 1 N–H and O–H groups in total. The van der Waals surface area contributed by atoms with E-state index < -0.39 is 8.80 Å². The van der Waals surface area contributed by atoms with Crippen LogP contribution in [0.25, 0.3) is 0 Å². The lowest BCUT2D eigenvalue weighted by atomic mass is 10.3. The summed E-state index contributed by atoms with van der Waals surface area (Å²) in [6.45, 7) is 7.09. The lowest BCUT2D eigenvalue weighted by Gasteiger charge is -2.23. The third-order valence-electron chi connectivity index (χ3n) is 3.25. The van der Waals surface area contributed by atoms with Gasteiger partial charge in [0.1, 0.15) is 0 Å². The Morgan fingerprint density at radius 2 is 1.60 bits per heavy atom. The second-order valence-electron chi connectivity index (χ2n) is 6.53. The molecule has 0 aromatic heterocycles. The number of nitrogens with one attached hydrogen (secondary N) is 1. The number of hydrogen-bond donors (Lipinski definition) is 2. The molecule has 0 aromatic carbocycles. The molecule has 0 radical (unpaired) electrons. The highest BCUT2D eigenvalue weighted by Gasteiger charge is 2.36. The van der Waals surface area contributed by atoms with Crippen molar-refractivity contribution in [1.82, 2.24) is 5.32 Å². The molecule has 0 aliphatic rings. The van der Waals surface area contributed by atoms with Gasteiger partial charge in [0.25, 0.3) is 0 Å². The average molecular weight is 418 g/mol. The topological polar surface area (TPSA) is 56.8 Å². The summed E-state index contributed by atoms with van der Waals surface area (Å²) >= 11 is 4.10.